The summed E-state index contributed by atoms with van der Waals surface area (Å²) in [6.45, 7) is 5.58. The van der Waals surface area contributed by atoms with Crippen molar-refractivity contribution in [2.45, 2.75) is 52.5 Å². The number of hydrogen-bond acceptors (Lipinski definition) is 8. The minimum atomic E-state index is -1.35. The molecule has 5 rings (SSSR count). The molecule has 0 atom stereocenters. The molecule has 3 heterocycles. The normalized spacial score (nSPS) is 11.8. The second-order valence-electron chi connectivity index (χ2n) is 11.5. The van der Waals surface area contributed by atoms with Crippen LogP contribution in [0.2, 0.25) is 0 Å². The van der Waals surface area contributed by atoms with E-state index in [1.807, 2.05) is 25.3 Å². The molecule has 0 bridgehead atoms. The fraction of sp³-hybridized carbons (Fsp3) is 0.306. The summed E-state index contributed by atoms with van der Waals surface area (Å²) in [7, 11) is 0. The number of carbonyl (C=O) groups is 4. The first-order valence-corrected chi connectivity index (χ1v) is 16.9. The van der Waals surface area contributed by atoms with Gasteiger partial charge in [-0.25, -0.2) is 9.78 Å². The Balaban J connectivity index is 1.61. The Morgan fingerprint density at radius 2 is 1.77 bits per heavy atom. The number of rotatable bonds is 13. The lowest BCUT2D eigenvalue weighted by Crippen LogP contribution is -2.26. The van der Waals surface area contributed by atoms with E-state index < -0.39 is 17.8 Å². The van der Waals surface area contributed by atoms with Crippen LogP contribution < -0.4 is 26.4 Å². The number of hydrogen-bond donors (Lipinski definition) is 5. The molecule has 0 fully saturated rings. The van der Waals surface area contributed by atoms with Crippen LogP contribution in [-0.4, -0.2) is 53.5 Å². The standard InChI is InChI=1S/C36H39N5O6S/c1-3-5-13-38-31(42)17-23-16-21(20-37)6-8-28(23)41-34(43)26-18-27-30(47-14-10-22-11-15-48-33(22)27)19-25(26)24-7-9-29(35(44)39-12-4-2)40-32(24)36(45)46/h6-9,11,15-16,18-19H,3-5,10,12-14,17,20,37H2,1-2H3,(H,38,42)(H,39,44)(H,41,43)(H,45,46). The third-order valence-electron chi connectivity index (χ3n) is 8.00. The highest BCUT2D eigenvalue weighted by Crippen LogP contribution is 2.43. The summed E-state index contributed by atoms with van der Waals surface area (Å²) in [4.78, 5) is 57.5. The first-order valence-electron chi connectivity index (χ1n) is 16.0. The lowest BCUT2D eigenvalue weighted by atomic mass is 9.93. The van der Waals surface area contributed by atoms with E-state index in [1.54, 1.807) is 30.3 Å². The highest BCUT2D eigenvalue weighted by molar-refractivity contribution is 7.13. The van der Waals surface area contributed by atoms with Crippen LogP contribution in [0.3, 0.4) is 0 Å². The zero-order valence-corrected chi connectivity index (χ0v) is 27.8. The molecule has 0 radical (unpaired) electrons. The lowest BCUT2D eigenvalue weighted by Gasteiger charge is -2.18. The zero-order chi connectivity index (χ0) is 34.2. The molecule has 48 heavy (non-hydrogen) atoms. The predicted molar refractivity (Wildman–Crippen MR) is 186 cm³/mol. The number of fused-ring (bicyclic) bond motifs is 3. The van der Waals surface area contributed by atoms with E-state index >= 15 is 0 Å². The van der Waals surface area contributed by atoms with Crippen molar-refractivity contribution < 1.29 is 29.0 Å². The number of anilines is 1. The van der Waals surface area contributed by atoms with Gasteiger partial charge in [-0.3, -0.25) is 14.4 Å². The van der Waals surface area contributed by atoms with Gasteiger partial charge in [0.1, 0.15) is 11.4 Å². The number of nitrogens with zero attached hydrogens (tertiary/aromatic N) is 1. The number of nitrogens with two attached hydrogens (primary N) is 1. The molecule has 1 aliphatic rings. The van der Waals surface area contributed by atoms with Gasteiger partial charge in [-0.1, -0.05) is 32.4 Å². The molecule has 12 heteroatoms. The molecule has 4 aromatic rings. The Morgan fingerprint density at radius 3 is 2.52 bits per heavy atom. The van der Waals surface area contributed by atoms with Gasteiger partial charge < -0.3 is 31.5 Å². The van der Waals surface area contributed by atoms with Gasteiger partial charge in [0.05, 0.1) is 13.0 Å². The third kappa shape index (κ3) is 7.72. The molecule has 11 nitrogen and oxygen atoms in total. The summed E-state index contributed by atoms with van der Waals surface area (Å²) in [5, 5.41) is 20.8. The number of benzene rings is 2. The number of pyridine rings is 1. The van der Waals surface area contributed by atoms with Gasteiger partial charge >= 0.3 is 5.97 Å². The van der Waals surface area contributed by atoms with Crippen molar-refractivity contribution in [2.24, 2.45) is 5.73 Å². The first-order chi connectivity index (χ1) is 23.2. The second kappa shape index (κ2) is 15.7. The molecule has 0 saturated carbocycles. The van der Waals surface area contributed by atoms with Crippen LogP contribution in [0, 0.1) is 0 Å². The molecule has 0 aliphatic carbocycles. The largest absolute Gasteiger partial charge is 0.493 e. The van der Waals surface area contributed by atoms with Crippen LogP contribution in [-0.2, 0) is 24.2 Å². The smallest absolute Gasteiger partial charge is 0.355 e. The minimum Gasteiger partial charge on any atom is -0.493 e. The molecule has 0 saturated heterocycles. The average Bonchev–Trinajstić information content (AvgIpc) is 3.48. The lowest BCUT2D eigenvalue weighted by molar-refractivity contribution is -0.120. The number of thiophene rings is 1. The van der Waals surface area contributed by atoms with Gasteiger partial charge in [-0.05, 0) is 71.3 Å². The van der Waals surface area contributed by atoms with E-state index in [-0.39, 0.29) is 47.0 Å². The molecular weight excluding hydrogens is 630 g/mol. The van der Waals surface area contributed by atoms with Gasteiger partial charge in [0.15, 0.2) is 5.69 Å². The van der Waals surface area contributed by atoms with Crippen molar-refractivity contribution in [3.63, 3.8) is 0 Å². The molecule has 250 valence electrons. The van der Waals surface area contributed by atoms with Crippen molar-refractivity contribution in [3.05, 3.63) is 87.6 Å². The Hall–Kier alpha value is -5.07. The van der Waals surface area contributed by atoms with Crippen molar-refractivity contribution in [1.29, 1.82) is 0 Å². The molecular formula is C36H39N5O6S. The highest BCUT2D eigenvalue weighted by Gasteiger charge is 2.27. The van der Waals surface area contributed by atoms with E-state index in [9.17, 15) is 24.3 Å². The average molecular weight is 670 g/mol. The Labute approximate surface area is 282 Å². The number of aromatic carboxylic acids is 1. The SMILES string of the molecule is CCCCNC(=O)Cc1cc(CN)ccc1NC(=O)c1cc2c(cc1-c1ccc(C(=O)NCCC)nc1C(=O)O)OCCc1ccsc1-2. The highest BCUT2D eigenvalue weighted by atomic mass is 32.1. The van der Waals surface area contributed by atoms with E-state index in [0.717, 1.165) is 28.8 Å². The number of carboxylic acid groups (broad SMARTS) is 1. The van der Waals surface area contributed by atoms with Crippen LogP contribution in [0.15, 0.2) is 53.9 Å². The fourth-order valence-corrected chi connectivity index (χ4v) is 6.47. The summed E-state index contributed by atoms with van der Waals surface area (Å²) >= 11 is 1.53. The molecule has 0 unspecified atom stereocenters. The monoisotopic (exact) mass is 669 g/mol. The zero-order valence-electron chi connectivity index (χ0n) is 27.0. The van der Waals surface area contributed by atoms with E-state index in [4.69, 9.17) is 10.5 Å². The summed E-state index contributed by atoms with van der Waals surface area (Å²) in [5.74, 6) is -2.05. The van der Waals surface area contributed by atoms with Gasteiger partial charge in [-0.15, -0.1) is 11.3 Å². The minimum absolute atomic E-state index is 0.0330. The van der Waals surface area contributed by atoms with Gasteiger partial charge in [0, 0.05) is 58.9 Å². The maximum atomic E-state index is 14.3. The van der Waals surface area contributed by atoms with Gasteiger partial charge in [0.2, 0.25) is 5.91 Å². The van der Waals surface area contributed by atoms with Crippen molar-refractivity contribution in [3.8, 4) is 27.3 Å². The van der Waals surface area contributed by atoms with E-state index in [0.29, 0.717) is 55.1 Å². The maximum Gasteiger partial charge on any atom is 0.355 e. The van der Waals surface area contributed by atoms with Crippen molar-refractivity contribution in [1.82, 2.24) is 15.6 Å². The van der Waals surface area contributed by atoms with E-state index in [2.05, 4.69) is 20.9 Å². The number of amides is 3. The number of ether oxygens (including phenoxy) is 1. The number of carboxylic acids is 1. The third-order valence-corrected chi connectivity index (χ3v) is 8.99. The molecule has 2 aromatic carbocycles. The Morgan fingerprint density at radius 1 is 0.938 bits per heavy atom. The number of nitrogens with one attached hydrogen (secondary N) is 3. The summed E-state index contributed by atoms with van der Waals surface area (Å²) in [6.07, 6.45) is 3.21. The Kier molecular flexibility index (Phi) is 11.2. The van der Waals surface area contributed by atoms with Crippen LogP contribution in [0.4, 0.5) is 5.69 Å². The number of aromatic nitrogens is 1. The summed E-state index contributed by atoms with van der Waals surface area (Å²) in [6, 6.07) is 13.6. The number of unbranched alkanes of at least 4 members (excludes halogenated alkanes) is 1. The Bertz CT molecular complexity index is 1850. The molecule has 2 aromatic heterocycles. The maximum absolute atomic E-state index is 14.3. The summed E-state index contributed by atoms with van der Waals surface area (Å²) in [5.41, 5.74) is 9.68. The molecule has 1 aliphatic heterocycles. The number of carbonyl (C=O) groups excluding carboxylic acids is 3. The summed E-state index contributed by atoms with van der Waals surface area (Å²) < 4.78 is 6.13. The molecule has 6 N–H and O–H groups in total. The van der Waals surface area contributed by atoms with Crippen LogP contribution in [0.5, 0.6) is 5.75 Å². The van der Waals surface area contributed by atoms with Crippen molar-refractivity contribution >= 4 is 40.7 Å². The van der Waals surface area contributed by atoms with Crippen LogP contribution in [0.1, 0.15) is 81.1 Å². The van der Waals surface area contributed by atoms with Crippen LogP contribution >= 0.6 is 11.3 Å². The first kappa shape index (κ1) is 34.3. The fourth-order valence-electron chi connectivity index (χ4n) is 5.49. The molecule has 0 spiro atoms. The second-order valence-corrected chi connectivity index (χ2v) is 12.4. The predicted octanol–water partition coefficient (Wildman–Crippen LogP) is 5.42. The van der Waals surface area contributed by atoms with E-state index in [1.165, 1.54) is 23.5 Å². The van der Waals surface area contributed by atoms with Gasteiger partial charge in [-0.2, -0.15) is 0 Å². The molecule has 3 amide bonds. The van der Waals surface area contributed by atoms with Gasteiger partial charge in [0.25, 0.3) is 11.8 Å². The van der Waals surface area contributed by atoms with Crippen LogP contribution in [0.25, 0.3) is 21.6 Å². The van der Waals surface area contributed by atoms with Crippen molar-refractivity contribution in [2.75, 3.05) is 25.0 Å². The topological polar surface area (TPSA) is 173 Å². The quantitative estimate of drug-likeness (QED) is 0.117.